The number of hydrogen-bond donors (Lipinski definition) is 1. The second-order valence-corrected chi connectivity index (χ2v) is 5.35. The van der Waals surface area contributed by atoms with Gasteiger partial charge in [-0.25, -0.2) is 9.78 Å². The first-order chi connectivity index (χ1) is 9.86. The van der Waals surface area contributed by atoms with Crippen LogP contribution in [0.25, 0.3) is 0 Å². The third-order valence-electron chi connectivity index (χ3n) is 4.01. The molecule has 1 aliphatic carbocycles. The molecule has 1 aromatic rings. The van der Waals surface area contributed by atoms with E-state index in [2.05, 4.69) is 4.98 Å². The monoisotopic (exact) mass is 302 g/mol. The number of pyridine rings is 1. The molecular formula is C13H13F3N2O3. The zero-order valence-electron chi connectivity index (χ0n) is 10.9. The molecule has 21 heavy (non-hydrogen) atoms. The first-order valence-corrected chi connectivity index (χ1v) is 6.54. The fourth-order valence-electron chi connectivity index (χ4n) is 3.16. The zero-order chi connectivity index (χ0) is 15.2. The molecule has 1 amide bonds. The van der Waals surface area contributed by atoms with E-state index < -0.39 is 35.9 Å². The molecule has 1 aliphatic heterocycles. The molecule has 1 aromatic heterocycles. The smallest absolute Gasteiger partial charge is 0.421 e. The first-order valence-electron chi connectivity index (χ1n) is 6.54. The number of nitrogens with zero attached hydrogens (tertiary/aromatic N) is 2. The normalized spacial score (nSPS) is 28.0. The first kappa shape index (κ1) is 14.0. The van der Waals surface area contributed by atoms with E-state index in [1.54, 1.807) is 0 Å². The second-order valence-electron chi connectivity index (χ2n) is 5.35. The summed E-state index contributed by atoms with van der Waals surface area (Å²) in [5.74, 6) is -0.331. The number of fused-ring (bicyclic) bond motifs is 2. The lowest BCUT2D eigenvalue weighted by atomic mass is 10.1. The Hall–Kier alpha value is -1.99. The molecule has 1 N–H and O–H groups in total. The fourth-order valence-corrected chi connectivity index (χ4v) is 3.16. The highest BCUT2D eigenvalue weighted by molar-refractivity contribution is 5.66. The van der Waals surface area contributed by atoms with E-state index in [9.17, 15) is 18.0 Å². The third-order valence-corrected chi connectivity index (χ3v) is 4.01. The summed E-state index contributed by atoms with van der Waals surface area (Å²) < 4.78 is 44.1. The molecular weight excluding hydrogens is 289 g/mol. The van der Waals surface area contributed by atoms with Crippen molar-refractivity contribution >= 4 is 6.09 Å². The lowest BCUT2D eigenvalue weighted by Crippen LogP contribution is -2.46. The van der Waals surface area contributed by atoms with Crippen molar-refractivity contribution in [2.75, 3.05) is 6.54 Å². The van der Waals surface area contributed by atoms with Crippen LogP contribution < -0.4 is 4.74 Å². The second kappa shape index (κ2) is 4.78. The third kappa shape index (κ3) is 2.50. The largest absolute Gasteiger partial charge is 0.472 e. The minimum Gasteiger partial charge on any atom is -0.472 e. The number of hydrogen-bond acceptors (Lipinski definition) is 3. The van der Waals surface area contributed by atoms with Crippen LogP contribution in [0, 0.1) is 5.92 Å². The number of alkyl halides is 3. The standard InChI is InChI=1S/C13H13F3N2O3/c14-13(15,16)8-2-1-3-17-11(8)21-10-5-7-4-9(10)18(6-7)12(19)20/h1-3,7,9-10H,4-6H2,(H,19,20). The lowest BCUT2D eigenvalue weighted by molar-refractivity contribution is -0.140. The maximum Gasteiger partial charge on any atom is 0.421 e. The van der Waals surface area contributed by atoms with Crippen LogP contribution in [0.5, 0.6) is 5.88 Å². The topological polar surface area (TPSA) is 62.7 Å². The van der Waals surface area contributed by atoms with Crippen LogP contribution in [0.15, 0.2) is 18.3 Å². The lowest BCUT2D eigenvalue weighted by Gasteiger charge is -2.31. The van der Waals surface area contributed by atoms with Crippen LogP contribution in [0.3, 0.4) is 0 Å². The highest BCUT2D eigenvalue weighted by Gasteiger charge is 2.49. The van der Waals surface area contributed by atoms with E-state index in [0.717, 1.165) is 6.07 Å². The van der Waals surface area contributed by atoms with Gasteiger partial charge in [0.25, 0.3) is 0 Å². The number of carboxylic acid groups (broad SMARTS) is 1. The van der Waals surface area contributed by atoms with Crippen molar-refractivity contribution in [1.82, 2.24) is 9.88 Å². The number of rotatable bonds is 2. The number of aromatic nitrogens is 1. The van der Waals surface area contributed by atoms with Crippen LogP contribution in [0.1, 0.15) is 18.4 Å². The molecule has 1 saturated heterocycles. The molecule has 114 valence electrons. The average Bonchev–Trinajstić information content (AvgIpc) is 2.97. The van der Waals surface area contributed by atoms with Crippen LogP contribution in [0.2, 0.25) is 0 Å². The van der Waals surface area contributed by atoms with Gasteiger partial charge in [0.1, 0.15) is 11.7 Å². The summed E-state index contributed by atoms with van der Waals surface area (Å²) >= 11 is 0. The molecule has 3 atom stereocenters. The van der Waals surface area contributed by atoms with E-state index in [4.69, 9.17) is 9.84 Å². The zero-order valence-corrected chi connectivity index (χ0v) is 10.9. The Balaban J connectivity index is 1.81. The predicted octanol–water partition coefficient (Wildman–Crippen LogP) is 2.62. The van der Waals surface area contributed by atoms with Gasteiger partial charge in [0.15, 0.2) is 0 Å². The van der Waals surface area contributed by atoms with Gasteiger partial charge in [0, 0.05) is 12.7 Å². The molecule has 2 heterocycles. The Morgan fingerprint density at radius 1 is 1.43 bits per heavy atom. The van der Waals surface area contributed by atoms with Gasteiger partial charge in [-0.2, -0.15) is 13.2 Å². The molecule has 2 bridgehead atoms. The number of halogens is 3. The fraction of sp³-hybridized carbons (Fsp3) is 0.538. The van der Waals surface area contributed by atoms with E-state index in [-0.39, 0.29) is 5.92 Å². The summed E-state index contributed by atoms with van der Waals surface area (Å²) in [4.78, 5) is 16.0. The Morgan fingerprint density at radius 3 is 2.81 bits per heavy atom. The highest BCUT2D eigenvalue weighted by atomic mass is 19.4. The summed E-state index contributed by atoms with van der Waals surface area (Å²) in [6.07, 6.45) is -3.77. The highest BCUT2D eigenvalue weighted by Crippen LogP contribution is 2.41. The number of likely N-dealkylation sites (tertiary alicyclic amines) is 1. The van der Waals surface area contributed by atoms with Gasteiger partial charge in [0.2, 0.25) is 5.88 Å². The van der Waals surface area contributed by atoms with Crippen molar-refractivity contribution in [1.29, 1.82) is 0 Å². The van der Waals surface area contributed by atoms with Gasteiger partial charge in [0.05, 0.1) is 6.04 Å². The summed E-state index contributed by atoms with van der Waals surface area (Å²) in [6.45, 7) is 0.425. The van der Waals surface area contributed by atoms with Crippen LogP contribution >= 0.6 is 0 Å². The van der Waals surface area contributed by atoms with Crippen molar-refractivity contribution in [2.45, 2.75) is 31.2 Å². The molecule has 3 rings (SSSR count). The molecule has 3 unspecified atom stereocenters. The van der Waals surface area contributed by atoms with Crippen molar-refractivity contribution in [3.8, 4) is 5.88 Å². The van der Waals surface area contributed by atoms with Gasteiger partial charge in [-0.15, -0.1) is 0 Å². The van der Waals surface area contributed by atoms with Crippen molar-refractivity contribution in [2.24, 2.45) is 5.92 Å². The van der Waals surface area contributed by atoms with Crippen LogP contribution in [-0.2, 0) is 6.18 Å². The van der Waals surface area contributed by atoms with Crippen LogP contribution in [-0.4, -0.2) is 39.8 Å². The van der Waals surface area contributed by atoms with E-state index in [0.29, 0.717) is 19.4 Å². The number of piperidine rings is 1. The van der Waals surface area contributed by atoms with Gasteiger partial charge in [-0.3, -0.25) is 0 Å². The average molecular weight is 302 g/mol. The van der Waals surface area contributed by atoms with Gasteiger partial charge in [-0.1, -0.05) is 0 Å². The summed E-state index contributed by atoms with van der Waals surface area (Å²) in [6, 6.07) is 1.71. The number of ether oxygens (including phenoxy) is 1. The molecule has 5 nitrogen and oxygen atoms in total. The Labute approximate surface area is 118 Å². The van der Waals surface area contributed by atoms with Gasteiger partial charge < -0.3 is 14.7 Å². The number of amides is 1. The summed E-state index contributed by atoms with van der Waals surface area (Å²) in [5.41, 5.74) is -0.936. The predicted molar refractivity (Wildman–Crippen MR) is 64.9 cm³/mol. The molecule has 2 fully saturated rings. The minimum atomic E-state index is -4.55. The summed E-state index contributed by atoms with van der Waals surface area (Å²) in [5, 5.41) is 9.08. The van der Waals surface area contributed by atoms with Crippen molar-refractivity contribution in [3.63, 3.8) is 0 Å². The Bertz CT molecular complexity index is 564. The van der Waals surface area contributed by atoms with Gasteiger partial charge in [-0.05, 0) is 30.9 Å². The molecule has 0 aromatic carbocycles. The number of carbonyl (C=O) groups is 1. The molecule has 8 heteroatoms. The molecule has 1 saturated carbocycles. The van der Waals surface area contributed by atoms with E-state index >= 15 is 0 Å². The van der Waals surface area contributed by atoms with Gasteiger partial charge >= 0.3 is 12.3 Å². The molecule has 0 radical (unpaired) electrons. The molecule has 2 aliphatic rings. The van der Waals surface area contributed by atoms with Crippen molar-refractivity contribution < 1.29 is 27.8 Å². The van der Waals surface area contributed by atoms with E-state index in [1.807, 2.05) is 0 Å². The quantitative estimate of drug-likeness (QED) is 0.912. The maximum atomic E-state index is 12.9. The Kier molecular flexibility index (Phi) is 3.18. The SMILES string of the molecule is O=C(O)N1CC2CC(Oc3ncccc3C(F)(F)F)C1C2. The molecule has 0 spiro atoms. The van der Waals surface area contributed by atoms with E-state index in [1.165, 1.54) is 17.2 Å². The van der Waals surface area contributed by atoms with Crippen LogP contribution in [0.4, 0.5) is 18.0 Å². The van der Waals surface area contributed by atoms with Crippen molar-refractivity contribution in [3.05, 3.63) is 23.9 Å². The summed E-state index contributed by atoms with van der Waals surface area (Å²) in [7, 11) is 0. The minimum absolute atomic E-state index is 0.147. The maximum absolute atomic E-state index is 12.9. The Morgan fingerprint density at radius 2 is 2.19 bits per heavy atom.